The van der Waals surface area contributed by atoms with Crippen molar-refractivity contribution in [2.75, 3.05) is 13.7 Å². The predicted molar refractivity (Wildman–Crippen MR) is 154 cm³/mol. The van der Waals surface area contributed by atoms with Crippen molar-refractivity contribution in [3.05, 3.63) is 131 Å². The van der Waals surface area contributed by atoms with E-state index in [0.717, 1.165) is 34.4 Å². The molecular formula is C34H30N2O5. The molecule has 0 unspecified atom stereocenters. The van der Waals surface area contributed by atoms with Gasteiger partial charge in [-0.1, -0.05) is 71.9 Å². The highest BCUT2D eigenvalue weighted by molar-refractivity contribution is 6.01. The number of rotatable bonds is 12. The minimum absolute atomic E-state index is 0.0767. The van der Waals surface area contributed by atoms with Gasteiger partial charge in [0.2, 0.25) is 0 Å². The third kappa shape index (κ3) is 7.52. The lowest BCUT2D eigenvalue weighted by Crippen LogP contribution is -2.13. The fourth-order valence-electron chi connectivity index (χ4n) is 4.48. The summed E-state index contributed by atoms with van der Waals surface area (Å²) in [5.41, 5.74) is 5.14. The molecule has 1 saturated carbocycles. The predicted octanol–water partition coefficient (Wildman–Crippen LogP) is 6.41. The first kappa shape index (κ1) is 27.5. The Morgan fingerprint density at radius 2 is 1.49 bits per heavy atom. The van der Waals surface area contributed by atoms with Crippen LogP contribution in [0.2, 0.25) is 0 Å². The maximum absolute atomic E-state index is 12.4. The second-order valence-electron chi connectivity index (χ2n) is 9.74. The molecule has 1 aliphatic rings. The zero-order valence-corrected chi connectivity index (χ0v) is 22.7. The highest BCUT2D eigenvalue weighted by Crippen LogP contribution is 2.48. The monoisotopic (exact) mass is 546 g/mol. The second-order valence-corrected chi connectivity index (χ2v) is 9.74. The number of nitrogens with zero attached hydrogens (tertiary/aromatic N) is 2. The quantitative estimate of drug-likeness (QED) is 0.116. The van der Waals surface area contributed by atoms with Gasteiger partial charge in [-0.3, -0.25) is 4.79 Å². The number of hydrogen-bond donors (Lipinski definition) is 0. The lowest BCUT2D eigenvalue weighted by Gasteiger charge is -2.11. The van der Waals surface area contributed by atoms with Crippen LogP contribution in [0.3, 0.4) is 0 Å². The van der Waals surface area contributed by atoms with Crippen LogP contribution in [0.25, 0.3) is 0 Å². The Bertz CT molecular complexity index is 1510. The first-order chi connectivity index (χ1) is 20.1. The third-order valence-corrected chi connectivity index (χ3v) is 6.88. The Morgan fingerprint density at radius 3 is 2.17 bits per heavy atom. The van der Waals surface area contributed by atoms with Crippen molar-refractivity contribution in [3.63, 3.8) is 0 Å². The summed E-state index contributed by atoms with van der Waals surface area (Å²) in [7, 11) is 1.48. The molecule has 4 aromatic carbocycles. The minimum Gasteiger partial charge on any atom is -0.489 e. The van der Waals surface area contributed by atoms with Gasteiger partial charge in [-0.15, -0.1) is 0 Å². The molecule has 0 N–H and O–H groups in total. The molecule has 0 radical (unpaired) electrons. The summed E-state index contributed by atoms with van der Waals surface area (Å²) in [6.45, 7) is 0.943. The molecular weight excluding hydrogens is 516 g/mol. The highest BCUT2D eigenvalue weighted by Gasteiger charge is 2.45. The molecule has 4 aromatic rings. The molecule has 5 rings (SSSR count). The molecule has 0 spiro atoms. The van der Waals surface area contributed by atoms with E-state index in [0.29, 0.717) is 30.2 Å². The van der Waals surface area contributed by atoms with Crippen LogP contribution in [0.4, 0.5) is 0 Å². The van der Waals surface area contributed by atoms with Crippen molar-refractivity contribution in [2.24, 2.45) is 11.1 Å². The second kappa shape index (κ2) is 13.3. The maximum Gasteiger partial charge on any atom is 0.309 e. The molecule has 2 atom stereocenters. The molecule has 1 fully saturated rings. The number of ether oxygens (including phenoxy) is 3. The van der Waals surface area contributed by atoms with Gasteiger partial charge >= 0.3 is 5.97 Å². The standard InChI is InChI=1S/C34H30N2O5/c1-38-36-33(28-11-7-24(20-35)8-12-28)23-40-29-15-9-26(10-16-29)21-39-30-17-13-27(14-18-30)31-19-32(31)34(37)41-22-25-5-3-2-4-6-25/h2-18,31-32H,19,21-23H2,1H3/t31-,32-/m1/s1. The maximum atomic E-state index is 12.4. The zero-order valence-electron chi connectivity index (χ0n) is 22.7. The van der Waals surface area contributed by atoms with Crippen molar-refractivity contribution in [2.45, 2.75) is 25.6 Å². The third-order valence-electron chi connectivity index (χ3n) is 6.88. The van der Waals surface area contributed by atoms with Crippen molar-refractivity contribution in [1.82, 2.24) is 0 Å². The number of carbonyl (C=O) groups is 1. The summed E-state index contributed by atoms with van der Waals surface area (Å²) in [6.07, 6.45) is 0.814. The normalized spacial score (nSPS) is 15.9. The van der Waals surface area contributed by atoms with Gasteiger partial charge in [-0.25, -0.2) is 0 Å². The summed E-state index contributed by atoms with van der Waals surface area (Å²) in [5.74, 6) is 1.44. The number of carbonyl (C=O) groups excluding carboxylic acids is 1. The van der Waals surface area contributed by atoms with Crippen LogP contribution in [0.5, 0.6) is 11.5 Å². The molecule has 1 aliphatic carbocycles. The molecule has 0 saturated heterocycles. The van der Waals surface area contributed by atoms with Crippen LogP contribution in [-0.4, -0.2) is 25.4 Å². The highest BCUT2D eigenvalue weighted by atomic mass is 16.6. The number of benzene rings is 4. The molecule has 0 bridgehead atoms. The average molecular weight is 547 g/mol. The fraction of sp³-hybridized carbons (Fsp3) is 0.206. The van der Waals surface area contributed by atoms with E-state index in [9.17, 15) is 4.79 Å². The van der Waals surface area contributed by atoms with Gasteiger partial charge in [0.1, 0.15) is 44.1 Å². The fourth-order valence-corrected chi connectivity index (χ4v) is 4.48. The van der Waals surface area contributed by atoms with E-state index in [1.807, 2.05) is 91.0 Å². The summed E-state index contributed by atoms with van der Waals surface area (Å²) >= 11 is 0. The van der Waals surface area contributed by atoms with Crippen LogP contribution >= 0.6 is 0 Å². The van der Waals surface area contributed by atoms with E-state index in [2.05, 4.69) is 11.2 Å². The van der Waals surface area contributed by atoms with E-state index in [1.54, 1.807) is 12.1 Å². The van der Waals surface area contributed by atoms with Crippen molar-refractivity contribution < 1.29 is 23.8 Å². The Balaban J connectivity index is 1.07. The van der Waals surface area contributed by atoms with Crippen LogP contribution in [0.1, 0.15) is 40.2 Å². The largest absolute Gasteiger partial charge is 0.489 e. The number of esters is 1. The van der Waals surface area contributed by atoms with Gasteiger partial charge in [0.15, 0.2) is 0 Å². The first-order valence-corrected chi connectivity index (χ1v) is 13.4. The Hall–Kier alpha value is -5.09. The zero-order chi connectivity index (χ0) is 28.4. The summed E-state index contributed by atoms with van der Waals surface area (Å²) < 4.78 is 17.4. The van der Waals surface area contributed by atoms with Crippen LogP contribution < -0.4 is 9.47 Å². The van der Waals surface area contributed by atoms with E-state index in [-0.39, 0.29) is 24.4 Å². The van der Waals surface area contributed by atoms with Crippen molar-refractivity contribution in [1.29, 1.82) is 5.26 Å². The molecule has 41 heavy (non-hydrogen) atoms. The van der Waals surface area contributed by atoms with Gasteiger partial charge in [0, 0.05) is 5.56 Å². The summed E-state index contributed by atoms with van der Waals surface area (Å²) in [4.78, 5) is 17.4. The summed E-state index contributed by atoms with van der Waals surface area (Å²) in [5, 5.41) is 13.1. The van der Waals surface area contributed by atoms with Crippen LogP contribution in [0.15, 0.2) is 108 Å². The van der Waals surface area contributed by atoms with Crippen molar-refractivity contribution in [3.8, 4) is 17.6 Å². The summed E-state index contributed by atoms with van der Waals surface area (Å²) in [6, 6.07) is 34.5. The number of oxime groups is 1. The van der Waals surface area contributed by atoms with Crippen molar-refractivity contribution >= 4 is 11.7 Å². The molecule has 7 heteroatoms. The van der Waals surface area contributed by atoms with Gasteiger partial charge in [-0.2, -0.15) is 5.26 Å². The van der Waals surface area contributed by atoms with E-state index >= 15 is 0 Å². The molecule has 0 amide bonds. The van der Waals surface area contributed by atoms with Crippen LogP contribution in [0, 0.1) is 17.2 Å². The Morgan fingerprint density at radius 1 is 0.829 bits per heavy atom. The average Bonchev–Trinajstić information content (AvgIpc) is 3.84. The van der Waals surface area contributed by atoms with E-state index < -0.39 is 0 Å². The van der Waals surface area contributed by atoms with Gasteiger partial charge in [0.25, 0.3) is 0 Å². The minimum atomic E-state index is -0.136. The number of hydrogen-bond acceptors (Lipinski definition) is 7. The molecule has 0 aromatic heterocycles. The lowest BCUT2D eigenvalue weighted by molar-refractivity contribution is -0.146. The number of nitriles is 1. The Kier molecular flexibility index (Phi) is 8.92. The molecule has 7 nitrogen and oxygen atoms in total. The van der Waals surface area contributed by atoms with E-state index in [4.69, 9.17) is 24.3 Å². The van der Waals surface area contributed by atoms with Gasteiger partial charge < -0.3 is 19.0 Å². The Labute approximate surface area is 239 Å². The lowest BCUT2D eigenvalue weighted by atomic mass is 10.1. The molecule has 0 aliphatic heterocycles. The molecule has 206 valence electrons. The van der Waals surface area contributed by atoms with E-state index in [1.165, 1.54) is 7.11 Å². The van der Waals surface area contributed by atoms with Gasteiger partial charge in [0.05, 0.1) is 17.6 Å². The first-order valence-electron chi connectivity index (χ1n) is 13.4. The van der Waals surface area contributed by atoms with Crippen LogP contribution in [-0.2, 0) is 27.6 Å². The topological polar surface area (TPSA) is 90.1 Å². The molecule has 0 heterocycles. The SMILES string of the molecule is CON=C(COc1ccc(COc2ccc([C@H]3C[C@H]3C(=O)OCc3ccccc3)cc2)cc1)c1ccc(C#N)cc1. The van der Waals surface area contributed by atoms with Gasteiger partial charge in [-0.05, 0) is 65.4 Å². The smallest absolute Gasteiger partial charge is 0.309 e.